The molecule has 3 nitrogen and oxygen atoms in total. The van der Waals surface area contributed by atoms with Gasteiger partial charge in [-0.15, -0.1) is 0 Å². The van der Waals surface area contributed by atoms with Crippen molar-refractivity contribution in [1.29, 1.82) is 0 Å². The van der Waals surface area contributed by atoms with Crippen molar-refractivity contribution in [2.24, 2.45) is 5.73 Å². The summed E-state index contributed by atoms with van der Waals surface area (Å²) in [7, 11) is 0. The Morgan fingerprint density at radius 2 is 2.42 bits per heavy atom. The van der Waals surface area contributed by atoms with Gasteiger partial charge >= 0.3 is 0 Å². The summed E-state index contributed by atoms with van der Waals surface area (Å²) in [5, 5.41) is 0. The molecule has 2 atom stereocenters. The standard InChI is InChI=1S/C9H18N2O/c1-3-8(9(10)12)11-6-4-5-7(11)2/h7-8H,3-6H2,1-2H3,(H2,10,12). The highest BCUT2D eigenvalue weighted by Gasteiger charge is 2.29. The number of nitrogens with two attached hydrogens (primary N) is 1. The van der Waals surface area contributed by atoms with Gasteiger partial charge in [0.05, 0.1) is 6.04 Å². The van der Waals surface area contributed by atoms with Crippen LogP contribution in [0.2, 0.25) is 0 Å². The first-order chi connectivity index (χ1) is 5.66. The lowest BCUT2D eigenvalue weighted by atomic mass is 10.1. The van der Waals surface area contributed by atoms with Gasteiger partial charge in [-0.1, -0.05) is 6.92 Å². The largest absolute Gasteiger partial charge is 0.368 e. The molecule has 1 rings (SSSR count). The predicted octanol–water partition coefficient (Wildman–Crippen LogP) is 0.735. The van der Waals surface area contributed by atoms with Gasteiger partial charge in [0.25, 0.3) is 0 Å². The Morgan fingerprint density at radius 3 is 2.75 bits per heavy atom. The highest BCUT2D eigenvalue weighted by molar-refractivity contribution is 5.79. The Bertz CT molecular complexity index is 170. The zero-order chi connectivity index (χ0) is 9.14. The highest BCUT2D eigenvalue weighted by Crippen LogP contribution is 2.20. The van der Waals surface area contributed by atoms with Gasteiger partial charge in [0.1, 0.15) is 0 Å². The van der Waals surface area contributed by atoms with Crippen LogP contribution in [0.25, 0.3) is 0 Å². The maximum absolute atomic E-state index is 11.0. The van der Waals surface area contributed by atoms with Crippen LogP contribution < -0.4 is 5.73 Å². The molecule has 1 fully saturated rings. The molecular weight excluding hydrogens is 152 g/mol. The van der Waals surface area contributed by atoms with Crippen LogP contribution >= 0.6 is 0 Å². The Morgan fingerprint density at radius 1 is 1.75 bits per heavy atom. The lowest BCUT2D eigenvalue weighted by Gasteiger charge is -2.27. The molecule has 1 saturated heterocycles. The number of nitrogens with zero attached hydrogens (tertiary/aromatic N) is 1. The van der Waals surface area contributed by atoms with E-state index in [9.17, 15) is 4.79 Å². The SMILES string of the molecule is CCC(C(N)=O)N1CCCC1C. The quantitative estimate of drug-likeness (QED) is 0.679. The molecule has 0 aromatic rings. The summed E-state index contributed by atoms with van der Waals surface area (Å²) in [4.78, 5) is 13.3. The van der Waals surface area contributed by atoms with Crippen LogP contribution in [0, 0.1) is 0 Å². The van der Waals surface area contributed by atoms with E-state index in [0.717, 1.165) is 13.0 Å². The molecule has 0 aromatic heterocycles. The van der Waals surface area contributed by atoms with Crippen molar-refractivity contribution < 1.29 is 4.79 Å². The average molecular weight is 170 g/mol. The number of likely N-dealkylation sites (tertiary alicyclic amines) is 1. The third kappa shape index (κ3) is 1.78. The summed E-state index contributed by atoms with van der Waals surface area (Å²) in [6.07, 6.45) is 3.23. The van der Waals surface area contributed by atoms with E-state index >= 15 is 0 Å². The van der Waals surface area contributed by atoms with Crippen LogP contribution in [0.1, 0.15) is 33.1 Å². The molecule has 2 N–H and O–H groups in total. The molecule has 1 aliphatic rings. The van der Waals surface area contributed by atoms with Crippen molar-refractivity contribution in [3.05, 3.63) is 0 Å². The van der Waals surface area contributed by atoms with Crippen molar-refractivity contribution in [2.45, 2.75) is 45.2 Å². The lowest BCUT2D eigenvalue weighted by Crippen LogP contribution is -2.45. The van der Waals surface area contributed by atoms with Gasteiger partial charge in [-0.05, 0) is 32.7 Å². The van der Waals surface area contributed by atoms with Gasteiger partial charge < -0.3 is 5.73 Å². The Labute approximate surface area is 73.9 Å². The van der Waals surface area contributed by atoms with Crippen LogP contribution in [0.5, 0.6) is 0 Å². The van der Waals surface area contributed by atoms with E-state index in [-0.39, 0.29) is 11.9 Å². The molecule has 12 heavy (non-hydrogen) atoms. The van der Waals surface area contributed by atoms with Crippen molar-refractivity contribution in [2.75, 3.05) is 6.54 Å². The molecule has 2 unspecified atom stereocenters. The van der Waals surface area contributed by atoms with Crippen molar-refractivity contribution in [3.8, 4) is 0 Å². The molecule has 0 radical (unpaired) electrons. The van der Waals surface area contributed by atoms with E-state index in [2.05, 4.69) is 11.8 Å². The molecule has 0 saturated carbocycles. The summed E-state index contributed by atoms with van der Waals surface area (Å²) >= 11 is 0. The minimum Gasteiger partial charge on any atom is -0.368 e. The van der Waals surface area contributed by atoms with Crippen LogP contribution in [0.3, 0.4) is 0 Å². The number of amides is 1. The van der Waals surface area contributed by atoms with Crippen molar-refractivity contribution in [3.63, 3.8) is 0 Å². The van der Waals surface area contributed by atoms with E-state index in [0.29, 0.717) is 6.04 Å². The average Bonchev–Trinajstić information content (AvgIpc) is 2.38. The van der Waals surface area contributed by atoms with Crippen LogP contribution in [0.15, 0.2) is 0 Å². The van der Waals surface area contributed by atoms with E-state index < -0.39 is 0 Å². The summed E-state index contributed by atoms with van der Waals surface area (Å²) in [5.74, 6) is -0.175. The van der Waals surface area contributed by atoms with Crippen molar-refractivity contribution in [1.82, 2.24) is 4.90 Å². The second kappa shape index (κ2) is 3.90. The topological polar surface area (TPSA) is 46.3 Å². The molecule has 70 valence electrons. The Hall–Kier alpha value is -0.570. The number of hydrogen-bond acceptors (Lipinski definition) is 2. The summed E-state index contributed by atoms with van der Waals surface area (Å²) in [6, 6.07) is 0.491. The van der Waals surface area contributed by atoms with Crippen molar-refractivity contribution >= 4 is 5.91 Å². The molecule has 1 amide bonds. The van der Waals surface area contributed by atoms with Gasteiger partial charge in [-0.25, -0.2) is 0 Å². The fraction of sp³-hybridized carbons (Fsp3) is 0.889. The number of rotatable bonds is 3. The zero-order valence-corrected chi connectivity index (χ0v) is 7.92. The molecule has 0 bridgehead atoms. The van der Waals surface area contributed by atoms with Gasteiger partial charge in [-0.2, -0.15) is 0 Å². The summed E-state index contributed by atoms with van der Waals surface area (Å²) in [6.45, 7) is 5.21. The number of hydrogen-bond donors (Lipinski definition) is 1. The minimum atomic E-state index is -0.175. The van der Waals surface area contributed by atoms with E-state index in [4.69, 9.17) is 5.73 Å². The van der Waals surface area contributed by atoms with E-state index in [1.807, 2.05) is 6.92 Å². The first-order valence-electron chi connectivity index (χ1n) is 4.72. The number of primary amides is 1. The molecule has 0 aromatic carbocycles. The molecule has 1 heterocycles. The first kappa shape index (κ1) is 9.52. The molecule has 3 heteroatoms. The van der Waals surface area contributed by atoms with E-state index in [1.165, 1.54) is 12.8 Å². The monoisotopic (exact) mass is 170 g/mol. The fourth-order valence-electron chi connectivity index (χ4n) is 2.02. The van der Waals surface area contributed by atoms with Crippen LogP contribution in [-0.2, 0) is 4.79 Å². The smallest absolute Gasteiger partial charge is 0.234 e. The highest BCUT2D eigenvalue weighted by atomic mass is 16.1. The lowest BCUT2D eigenvalue weighted by molar-refractivity contribution is -0.123. The maximum Gasteiger partial charge on any atom is 0.234 e. The van der Waals surface area contributed by atoms with Gasteiger partial charge in [0.2, 0.25) is 5.91 Å². The third-order valence-corrected chi connectivity index (χ3v) is 2.72. The zero-order valence-electron chi connectivity index (χ0n) is 7.92. The second-order valence-corrected chi connectivity index (χ2v) is 3.56. The fourth-order valence-corrected chi connectivity index (χ4v) is 2.02. The second-order valence-electron chi connectivity index (χ2n) is 3.56. The minimum absolute atomic E-state index is 0.0394. The molecular formula is C9H18N2O. The number of carbonyl (C=O) groups excluding carboxylic acids is 1. The predicted molar refractivity (Wildman–Crippen MR) is 48.7 cm³/mol. The maximum atomic E-state index is 11.0. The Kier molecular flexibility index (Phi) is 3.09. The Balaban J connectivity index is 2.58. The summed E-state index contributed by atoms with van der Waals surface area (Å²) in [5.41, 5.74) is 5.31. The first-order valence-corrected chi connectivity index (χ1v) is 4.72. The third-order valence-electron chi connectivity index (χ3n) is 2.72. The van der Waals surface area contributed by atoms with E-state index in [1.54, 1.807) is 0 Å². The number of carbonyl (C=O) groups is 1. The molecule has 0 aliphatic carbocycles. The summed E-state index contributed by atoms with van der Waals surface area (Å²) < 4.78 is 0. The molecule has 0 spiro atoms. The van der Waals surface area contributed by atoms with Gasteiger partial charge in [0.15, 0.2) is 0 Å². The van der Waals surface area contributed by atoms with Gasteiger partial charge in [-0.3, -0.25) is 9.69 Å². The molecule has 1 aliphatic heterocycles. The van der Waals surface area contributed by atoms with Crippen LogP contribution in [0.4, 0.5) is 0 Å². The van der Waals surface area contributed by atoms with Gasteiger partial charge in [0, 0.05) is 6.04 Å². The van der Waals surface area contributed by atoms with Crippen LogP contribution in [-0.4, -0.2) is 29.4 Å². The normalized spacial score (nSPS) is 27.3.